The molecule has 0 radical (unpaired) electrons. The molecule has 1 N–H and O–H groups in total. The summed E-state index contributed by atoms with van der Waals surface area (Å²) >= 11 is 3.64. The van der Waals surface area contributed by atoms with Crippen LogP contribution in [-0.2, 0) is 19.9 Å². The van der Waals surface area contributed by atoms with Crippen LogP contribution in [-0.4, -0.2) is 25.3 Å². The van der Waals surface area contributed by atoms with E-state index < -0.39 is 0 Å². The van der Waals surface area contributed by atoms with Crippen LogP contribution in [0.5, 0.6) is 0 Å². The Bertz CT molecular complexity index is 1030. The van der Waals surface area contributed by atoms with Gasteiger partial charge in [-0.3, -0.25) is 19.7 Å². The van der Waals surface area contributed by atoms with E-state index in [1.807, 2.05) is 22.6 Å². The highest BCUT2D eigenvalue weighted by molar-refractivity contribution is 14.1. The van der Waals surface area contributed by atoms with Crippen molar-refractivity contribution in [3.8, 4) is 0 Å². The van der Waals surface area contributed by atoms with Gasteiger partial charge < -0.3 is 0 Å². The van der Waals surface area contributed by atoms with Crippen molar-refractivity contribution in [1.82, 2.24) is 19.4 Å². The maximum Gasteiger partial charge on any atom is 0.289 e. The first kappa shape index (κ1) is 15.8. The molecule has 0 unspecified atom stereocenters. The summed E-state index contributed by atoms with van der Waals surface area (Å²) < 4.78 is 3.47. The molecule has 1 aliphatic carbocycles. The third-order valence-electron chi connectivity index (χ3n) is 4.23. The standard InChI is InChI=1S/C15H14IN5O2S/c1-7-18-14-11(8-4-3-5-10(8)24-14)15(23)21(7)19-13(22)12-9(16)6-17-20(12)2/h6H,3-5H2,1-2H3,(H,19,22). The van der Waals surface area contributed by atoms with Crippen molar-refractivity contribution in [3.63, 3.8) is 0 Å². The summed E-state index contributed by atoms with van der Waals surface area (Å²) in [4.78, 5) is 32.0. The second-order valence-corrected chi connectivity index (χ2v) is 7.99. The van der Waals surface area contributed by atoms with Crippen LogP contribution >= 0.6 is 33.9 Å². The number of nitrogens with one attached hydrogen (secondary N) is 1. The van der Waals surface area contributed by atoms with E-state index in [9.17, 15) is 9.59 Å². The third-order valence-corrected chi connectivity index (χ3v) is 6.20. The van der Waals surface area contributed by atoms with Crippen molar-refractivity contribution in [1.29, 1.82) is 0 Å². The maximum absolute atomic E-state index is 12.9. The molecule has 0 saturated carbocycles. The predicted molar refractivity (Wildman–Crippen MR) is 100 cm³/mol. The first-order chi connectivity index (χ1) is 11.5. The predicted octanol–water partition coefficient (Wildman–Crippen LogP) is 1.98. The van der Waals surface area contributed by atoms with Crippen LogP contribution in [0.15, 0.2) is 11.0 Å². The van der Waals surface area contributed by atoms with Crippen molar-refractivity contribution in [2.24, 2.45) is 7.05 Å². The first-order valence-corrected chi connectivity index (χ1v) is 9.39. The van der Waals surface area contributed by atoms with E-state index in [0.29, 0.717) is 16.9 Å². The summed E-state index contributed by atoms with van der Waals surface area (Å²) in [6, 6.07) is 0. The average Bonchev–Trinajstić information content (AvgIpc) is 3.18. The highest BCUT2D eigenvalue weighted by Gasteiger charge is 2.24. The number of aryl methyl sites for hydroxylation is 4. The lowest BCUT2D eigenvalue weighted by Gasteiger charge is -2.11. The molecule has 0 fully saturated rings. The second kappa shape index (κ2) is 5.66. The van der Waals surface area contributed by atoms with Crippen LogP contribution in [0, 0.1) is 10.5 Å². The fourth-order valence-electron chi connectivity index (χ4n) is 3.10. The molecule has 0 aromatic carbocycles. The van der Waals surface area contributed by atoms with Gasteiger partial charge in [0.1, 0.15) is 16.3 Å². The fraction of sp³-hybridized carbons (Fsp3) is 0.333. The monoisotopic (exact) mass is 455 g/mol. The maximum atomic E-state index is 12.9. The number of hydrogen-bond acceptors (Lipinski definition) is 5. The highest BCUT2D eigenvalue weighted by atomic mass is 127. The molecule has 3 aromatic rings. The van der Waals surface area contributed by atoms with Gasteiger partial charge in [-0.15, -0.1) is 11.3 Å². The van der Waals surface area contributed by atoms with Gasteiger partial charge in [0.2, 0.25) is 0 Å². The van der Waals surface area contributed by atoms with Gasteiger partial charge in [-0.2, -0.15) is 5.10 Å². The first-order valence-electron chi connectivity index (χ1n) is 7.50. The lowest BCUT2D eigenvalue weighted by Crippen LogP contribution is -2.36. The zero-order valence-electron chi connectivity index (χ0n) is 13.1. The van der Waals surface area contributed by atoms with Gasteiger partial charge in [0.05, 0.1) is 15.2 Å². The smallest absolute Gasteiger partial charge is 0.267 e. The van der Waals surface area contributed by atoms with E-state index in [-0.39, 0.29) is 11.5 Å². The Labute approximate surface area is 154 Å². The molecule has 0 bridgehead atoms. The molecule has 3 aromatic heterocycles. The number of nitrogens with zero attached hydrogens (tertiary/aromatic N) is 4. The number of carbonyl (C=O) groups is 1. The number of halogens is 1. The minimum Gasteiger partial charge on any atom is -0.267 e. The number of thiophene rings is 1. The average molecular weight is 455 g/mol. The zero-order valence-corrected chi connectivity index (χ0v) is 16.1. The Morgan fingerprint density at radius 1 is 1.42 bits per heavy atom. The van der Waals surface area contributed by atoms with Crippen LogP contribution in [0.2, 0.25) is 0 Å². The van der Waals surface area contributed by atoms with Crippen LogP contribution in [0.1, 0.15) is 33.2 Å². The molecule has 0 saturated heterocycles. The highest BCUT2D eigenvalue weighted by Crippen LogP contribution is 2.34. The topological polar surface area (TPSA) is 81.8 Å². The number of carbonyl (C=O) groups excluding carboxylic acids is 1. The molecule has 1 amide bonds. The number of fused-ring (bicyclic) bond motifs is 3. The van der Waals surface area contributed by atoms with Crippen molar-refractivity contribution >= 4 is 50.1 Å². The lowest BCUT2D eigenvalue weighted by molar-refractivity contribution is 0.0996. The van der Waals surface area contributed by atoms with Gasteiger partial charge in [0.15, 0.2) is 0 Å². The molecule has 0 spiro atoms. The number of hydrogen-bond donors (Lipinski definition) is 1. The van der Waals surface area contributed by atoms with Crippen molar-refractivity contribution in [2.45, 2.75) is 26.2 Å². The molecule has 9 heteroatoms. The van der Waals surface area contributed by atoms with Crippen molar-refractivity contribution in [2.75, 3.05) is 5.43 Å². The van der Waals surface area contributed by atoms with Gasteiger partial charge >= 0.3 is 0 Å². The summed E-state index contributed by atoms with van der Waals surface area (Å²) in [5, 5.41) is 4.71. The number of aromatic nitrogens is 4. The Morgan fingerprint density at radius 3 is 2.92 bits per heavy atom. The summed E-state index contributed by atoms with van der Waals surface area (Å²) in [7, 11) is 1.69. The second-order valence-electron chi connectivity index (χ2n) is 5.74. The van der Waals surface area contributed by atoms with Crippen molar-refractivity contribution in [3.05, 3.63) is 42.1 Å². The van der Waals surface area contributed by atoms with Gasteiger partial charge in [-0.1, -0.05) is 0 Å². The lowest BCUT2D eigenvalue weighted by atomic mass is 10.2. The largest absolute Gasteiger partial charge is 0.289 e. The Balaban J connectivity index is 1.82. The van der Waals surface area contributed by atoms with E-state index in [1.54, 1.807) is 31.5 Å². The zero-order chi connectivity index (χ0) is 17.0. The molecule has 0 atom stereocenters. The van der Waals surface area contributed by atoms with Crippen LogP contribution in [0.25, 0.3) is 10.2 Å². The van der Waals surface area contributed by atoms with Crippen LogP contribution in [0.4, 0.5) is 0 Å². The van der Waals surface area contributed by atoms with E-state index in [2.05, 4.69) is 15.5 Å². The van der Waals surface area contributed by atoms with E-state index in [1.165, 1.54) is 14.2 Å². The van der Waals surface area contributed by atoms with E-state index >= 15 is 0 Å². The molecule has 1 aliphatic rings. The summed E-state index contributed by atoms with van der Waals surface area (Å²) in [5.74, 6) is 0.0931. The quantitative estimate of drug-likeness (QED) is 0.600. The molecule has 124 valence electrons. The van der Waals surface area contributed by atoms with Crippen molar-refractivity contribution < 1.29 is 4.79 Å². The molecule has 3 heterocycles. The Kier molecular flexibility index (Phi) is 3.71. The summed E-state index contributed by atoms with van der Waals surface area (Å²) in [5.41, 5.74) is 3.99. The summed E-state index contributed by atoms with van der Waals surface area (Å²) in [6.45, 7) is 1.72. The van der Waals surface area contributed by atoms with Gasteiger partial charge in [-0.25, -0.2) is 9.66 Å². The fourth-order valence-corrected chi connectivity index (χ4v) is 5.11. The number of amides is 1. The van der Waals surface area contributed by atoms with Gasteiger partial charge in [-0.05, 0) is 54.3 Å². The summed E-state index contributed by atoms with van der Waals surface area (Å²) in [6.07, 6.45) is 4.60. The Hall–Kier alpha value is -1.75. The molecule has 24 heavy (non-hydrogen) atoms. The molecule has 7 nitrogen and oxygen atoms in total. The molecular formula is C15H14IN5O2S. The molecule has 4 rings (SSSR count). The normalized spacial score (nSPS) is 13.5. The molecular weight excluding hydrogens is 441 g/mol. The van der Waals surface area contributed by atoms with Crippen LogP contribution in [0.3, 0.4) is 0 Å². The minimum atomic E-state index is -0.377. The van der Waals surface area contributed by atoms with Crippen LogP contribution < -0.4 is 11.0 Å². The van der Waals surface area contributed by atoms with Gasteiger partial charge in [0, 0.05) is 11.9 Å². The van der Waals surface area contributed by atoms with Gasteiger partial charge in [0.25, 0.3) is 11.5 Å². The molecule has 0 aliphatic heterocycles. The third kappa shape index (κ3) is 2.29. The minimum absolute atomic E-state index is 0.206. The number of rotatable bonds is 2. The Morgan fingerprint density at radius 2 is 2.21 bits per heavy atom. The SMILES string of the molecule is Cc1nc2sc3c(c2c(=O)n1NC(=O)c1c(I)cnn1C)CCC3. The van der Waals surface area contributed by atoms with E-state index in [4.69, 9.17) is 0 Å². The van der Waals surface area contributed by atoms with E-state index in [0.717, 1.165) is 33.2 Å².